The summed E-state index contributed by atoms with van der Waals surface area (Å²) in [4.78, 5) is 23.0. The van der Waals surface area contributed by atoms with Gasteiger partial charge in [-0.05, 0) is 30.7 Å². The third kappa shape index (κ3) is 7.47. The van der Waals surface area contributed by atoms with Crippen LogP contribution in [0.2, 0.25) is 5.02 Å². The van der Waals surface area contributed by atoms with Crippen LogP contribution in [-0.2, 0) is 24.2 Å². The quantitative estimate of drug-likeness (QED) is 0.536. The fraction of sp³-hybridized carbons (Fsp3) is 0.467. The second-order valence-corrected chi connectivity index (χ2v) is 7.43. The van der Waals surface area contributed by atoms with Crippen LogP contribution in [0.5, 0.6) is 0 Å². The van der Waals surface area contributed by atoms with Crippen molar-refractivity contribution < 1.29 is 22.7 Å². The van der Waals surface area contributed by atoms with Gasteiger partial charge in [0.15, 0.2) is 16.4 Å². The molecule has 0 saturated carbocycles. The summed E-state index contributed by atoms with van der Waals surface area (Å²) in [7, 11) is -3.59. The number of rotatable bonds is 9. The minimum absolute atomic E-state index is 0.0898. The van der Waals surface area contributed by atoms with Gasteiger partial charge in [0.1, 0.15) is 0 Å². The number of hydrogen-bond acceptors (Lipinski definition) is 5. The maximum Gasteiger partial charge on any atom is 0.307 e. The highest BCUT2D eigenvalue weighted by atomic mass is 35.5. The van der Waals surface area contributed by atoms with E-state index in [1.165, 1.54) is 24.3 Å². The van der Waals surface area contributed by atoms with E-state index < -0.39 is 28.3 Å². The van der Waals surface area contributed by atoms with E-state index >= 15 is 0 Å². The van der Waals surface area contributed by atoms with E-state index in [1.807, 2.05) is 6.92 Å². The molecule has 0 fully saturated rings. The molecule has 0 heterocycles. The van der Waals surface area contributed by atoms with E-state index in [0.29, 0.717) is 11.6 Å². The van der Waals surface area contributed by atoms with Crippen molar-refractivity contribution in [2.45, 2.75) is 31.1 Å². The van der Waals surface area contributed by atoms with E-state index in [4.69, 9.17) is 16.3 Å². The Labute approximate surface area is 141 Å². The highest BCUT2D eigenvalue weighted by molar-refractivity contribution is 7.91. The average Bonchev–Trinajstić information content (AvgIpc) is 2.52. The SMILES string of the molecule is CCCCNC(=O)COC(=O)CCS(=O)(=O)c1ccc(Cl)cc1. The third-order valence-corrected chi connectivity index (χ3v) is 4.95. The highest BCUT2D eigenvalue weighted by Gasteiger charge is 2.17. The first kappa shape index (κ1) is 19.4. The Morgan fingerprint density at radius 2 is 1.87 bits per heavy atom. The van der Waals surface area contributed by atoms with Crippen LogP contribution in [0.3, 0.4) is 0 Å². The summed E-state index contributed by atoms with van der Waals surface area (Å²) in [5.74, 6) is -1.51. The number of carbonyl (C=O) groups is 2. The Kier molecular flexibility index (Phi) is 8.05. The van der Waals surface area contributed by atoms with Gasteiger partial charge >= 0.3 is 5.97 Å². The molecule has 0 spiro atoms. The Bertz CT molecular complexity index is 628. The van der Waals surface area contributed by atoms with Gasteiger partial charge in [-0.3, -0.25) is 9.59 Å². The lowest BCUT2D eigenvalue weighted by Crippen LogP contribution is -2.29. The van der Waals surface area contributed by atoms with E-state index in [9.17, 15) is 18.0 Å². The van der Waals surface area contributed by atoms with Crippen molar-refractivity contribution in [1.29, 1.82) is 0 Å². The number of nitrogens with one attached hydrogen (secondary N) is 1. The Hall–Kier alpha value is -1.60. The second kappa shape index (κ2) is 9.52. The second-order valence-electron chi connectivity index (χ2n) is 4.89. The molecule has 0 bridgehead atoms. The first-order valence-corrected chi connectivity index (χ1v) is 9.29. The summed E-state index contributed by atoms with van der Waals surface area (Å²) >= 11 is 5.70. The lowest BCUT2D eigenvalue weighted by atomic mass is 10.3. The van der Waals surface area contributed by atoms with Gasteiger partial charge in [-0.2, -0.15) is 0 Å². The molecule has 0 radical (unpaired) electrons. The van der Waals surface area contributed by atoms with E-state index in [2.05, 4.69) is 5.32 Å². The summed E-state index contributed by atoms with van der Waals surface area (Å²) < 4.78 is 28.8. The van der Waals surface area contributed by atoms with Gasteiger partial charge in [-0.25, -0.2) is 8.42 Å². The molecule has 0 aromatic heterocycles. The molecule has 1 amide bonds. The maximum absolute atomic E-state index is 12.0. The van der Waals surface area contributed by atoms with Gasteiger partial charge in [0.05, 0.1) is 17.1 Å². The number of sulfone groups is 1. The summed E-state index contributed by atoms with van der Waals surface area (Å²) in [5, 5.41) is 3.02. The summed E-state index contributed by atoms with van der Waals surface area (Å²) in [6, 6.07) is 5.69. The molecule has 0 aliphatic heterocycles. The van der Waals surface area contributed by atoms with Crippen molar-refractivity contribution in [3.05, 3.63) is 29.3 Å². The molecule has 1 rings (SSSR count). The van der Waals surface area contributed by atoms with Gasteiger partial charge in [0.2, 0.25) is 0 Å². The third-order valence-electron chi connectivity index (χ3n) is 2.96. The van der Waals surface area contributed by atoms with Crippen molar-refractivity contribution in [3.8, 4) is 0 Å². The number of esters is 1. The molecule has 1 aromatic rings. The highest BCUT2D eigenvalue weighted by Crippen LogP contribution is 2.16. The number of halogens is 1. The number of benzene rings is 1. The molecule has 0 atom stereocenters. The molecule has 128 valence electrons. The molecular weight excluding hydrogens is 342 g/mol. The smallest absolute Gasteiger partial charge is 0.307 e. The van der Waals surface area contributed by atoms with E-state index in [-0.39, 0.29) is 17.1 Å². The van der Waals surface area contributed by atoms with Crippen LogP contribution in [0, 0.1) is 0 Å². The monoisotopic (exact) mass is 361 g/mol. The number of unbranched alkanes of at least 4 members (excludes halogenated alkanes) is 1. The fourth-order valence-corrected chi connectivity index (χ4v) is 3.00. The van der Waals surface area contributed by atoms with Gasteiger partial charge in [-0.1, -0.05) is 24.9 Å². The predicted octanol–water partition coefficient (Wildman–Crippen LogP) is 1.96. The Morgan fingerprint density at radius 3 is 2.48 bits per heavy atom. The minimum Gasteiger partial charge on any atom is -0.456 e. The largest absolute Gasteiger partial charge is 0.456 e. The first-order chi connectivity index (χ1) is 10.8. The molecule has 0 unspecified atom stereocenters. The van der Waals surface area contributed by atoms with Crippen molar-refractivity contribution in [2.24, 2.45) is 0 Å². The number of carbonyl (C=O) groups excluding carboxylic acids is 2. The van der Waals surface area contributed by atoms with Crippen LogP contribution in [0.1, 0.15) is 26.2 Å². The molecule has 0 aliphatic carbocycles. The average molecular weight is 362 g/mol. The van der Waals surface area contributed by atoms with Crippen LogP contribution < -0.4 is 5.32 Å². The zero-order valence-corrected chi connectivity index (χ0v) is 14.5. The summed E-state index contributed by atoms with van der Waals surface area (Å²) in [6.45, 7) is 2.12. The van der Waals surface area contributed by atoms with Crippen LogP contribution in [0.15, 0.2) is 29.2 Å². The molecule has 0 aliphatic rings. The molecule has 0 saturated heterocycles. The number of ether oxygens (including phenoxy) is 1. The van der Waals surface area contributed by atoms with Crippen molar-refractivity contribution in [3.63, 3.8) is 0 Å². The van der Waals surface area contributed by atoms with Crippen LogP contribution >= 0.6 is 11.6 Å². The van der Waals surface area contributed by atoms with Gasteiger partial charge < -0.3 is 10.1 Å². The molecule has 1 aromatic carbocycles. The molecule has 23 heavy (non-hydrogen) atoms. The molecular formula is C15H20ClNO5S. The van der Waals surface area contributed by atoms with Gasteiger partial charge in [0, 0.05) is 11.6 Å². The predicted molar refractivity (Wildman–Crippen MR) is 87.0 cm³/mol. The minimum atomic E-state index is -3.59. The van der Waals surface area contributed by atoms with Crippen LogP contribution in [0.25, 0.3) is 0 Å². The van der Waals surface area contributed by atoms with E-state index in [0.717, 1.165) is 12.8 Å². The molecule has 8 heteroatoms. The van der Waals surface area contributed by atoms with Crippen molar-refractivity contribution in [1.82, 2.24) is 5.32 Å². The van der Waals surface area contributed by atoms with Gasteiger partial charge in [0.25, 0.3) is 5.91 Å². The summed E-state index contributed by atoms with van der Waals surface area (Å²) in [5.41, 5.74) is 0. The molecule has 6 nitrogen and oxygen atoms in total. The summed E-state index contributed by atoms with van der Waals surface area (Å²) in [6.07, 6.45) is 1.48. The van der Waals surface area contributed by atoms with Gasteiger partial charge in [-0.15, -0.1) is 0 Å². The first-order valence-electron chi connectivity index (χ1n) is 7.26. The zero-order valence-electron chi connectivity index (χ0n) is 12.9. The standard InChI is InChI=1S/C15H20ClNO5S/c1-2-3-9-17-14(18)11-22-15(19)8-10-23(20,21)13-6-4-12(16)5-7-13/h4-7H,2-3,8-11H2,1H3,(H,17,18). The topological polar surface area (TPSA) is 89.5 Å². The van der Waals surface area contributed by atoms with E-state index in [1.54, 1.807) is 0 Å². The normalized spacial score (nSPS) is 11.0. The van der Waals surface area contributed by atoms with Crippen LogP contribution in [-0.4, -0.2) is 39.2 Å². The van der Waals surface area contributed by atoms with Crippen molar-refractivity contribution >= 4 is 33.3 Å². The molecule has 1 N–H and O–H groups in total. The number of amides is 1. The van der Waals surface area contributed by atoms with Crippen LogP contribution in [0.4, 0.5) is 0 Å². The number of hydrogen-bond donors (Lipinski definition) is 1. The lowest BCUT2D eigenvalue weighted by Gasteiger charge is -2.07. The van der Waals surface area contributed by atoms with Crippen molar-refractivity contribution in [2.75, 3.05) is 18.9 Å². The Balaban J connectivity index is 2.37. The Morgan fingerprint density at radius 1 is 1.22 bits per heavy atom. The lowest BCUT2D eigenvalue weighted by molar-refractivity contribution is -0.148. The zero-order chi connectivity index (χ0) is 17.3. The maximum atomic E-state index is 12.0. The fourth-order valence-electron chi connectivity index (χ4n) is 1.65.